The second-order valence-electron chi connectivity index (χ2n) is 17.6. The van der Waals surface area contributed by atoms with Gasteiger partial charge in [-0.15, -0.1) is 11.8 Å². The number of hydrogen-bond donors (Lipinski definition) is 7. The molecule has 0 aliphatic heterocycles. The van der Waals surface area contributed by atoms with Crippen molar-refractivity contribution >= 4 is 41.3 Å². The molecule has 0 aliphatic carbocycles. The van der Waals surface area contributed by atoms with E-state index in [1.807, 2.05) is 133 Å². The predicted molar refractivity (Wildman–Crippen MR) is 248 cm³/mol. The van der Waals surface area contributed by atoms with Crippen LogP contribution in [-0.4, -0.2) is 87.1 Å². The number of aliphatic hydroxyl groups is 2. The number of thioether (sulfide) groups is 1. The molecule has 7 N–H and O–H groups in total. The summed E-state index contributed by atoms with van der Waals surface area (Å²) in [6, 6.07) is 26.3. The summed E-state index contributed by atoms with van der Waals surface area (Å²) in [6.45, 7) is 13.7. The molecule has 3 aromatic carbocycles. The number of carbonyl (C=O) groups is 5. The van der Waals surface area contributed by atoms with Gasteiger partial charge in [0.1, 0.15) is 6.04 Å². The lowest BCUT2D eigenvalue weighted by Crippen LogP contribution is -2.53. The third-order valence-electron chi connectivity index (χ3n) is 10.3. The Morgan fingerprint density at radius 1 is 0.516 bits per heavy atom. The first-order valence-electron chi connectivity index (χ1n) is 22.0. The highest BCUT2D eigenvalue weighted by atomic mass is 32.2. The Bertz CT molecular complexity index is 1800. The van der Waals surface area contributed by atoms with E-state index in [9.17, 15) is 34.2 Å². The molecular weight excluding hydrogens is 803 g/mol. The number of rotatable bonds is 27. The third-order valence-corrected chi connectivity index (χ3v) is 11.6. The Morgan fingerprint density at radius 3 is 1.47 bits per heavy atom. The summed E-state index contributed by atoms with van der Waals surface area (Å²) in [4.78, 5) is 66.5. The molecule has 3 aromatic rings. The maximum absolute atomic E-state index is 14.2. The summed E-state index contributed by atoms with van der Waals surface area (Å²) < 4.78 is 0. The zero-order valence-corrected chi connectivity index (χ0v) is 38.5. The maximum Gasteiger partial charge on any atom is 0.242 e. The predicted octanol–water partition coefficient (Wildman–Crippen LogP) is 5.49. The van der Waals surface area contributed by atoms with Gasteiger partial charge in [-0.05, 0) is 67.1 Å². The quantitative estimate of drug-likeness (QED) is 0.0525. The highest BCUT2D eigenvalue weighted by Gasteiger charge is 2.31. The molecule has 5 amide bonds. The molecule has 0 bridgehead atoms. The first-order valence-corrected chi connectivity index (χ1v) is 23.1. The van der Waals surface area contributed by atoms with Gasteiger partial charge in [-0.1, -0.05) is 133 Å². The van der Waals surface area contributed by atoms with Gasteiger partial charge in [0, 0.05) is 24.8 Å². The van der Waals surface area contributed by atoms with Crippen molar-refractivity contribution in [2.45, 2.75) is 142 Å². The molecule has 340 valence electrons. The van der Waals surface area contributed by atoms with Crippen LogP contribution < -0.4 is 26.6 Å². The van der Waals surface area contributed by atoms with Crippen LogP contribution in [0.15, 0.2) is 91.0 Å². The number of amides is 5. The zero-order chi connectivity index (χ0) is 45.6. The SMILES string of the molecule is CC(C)CC(=O)N[C@H](CS[C@@H](Cc1ccccc1)C(=O)N[C@@H](CC(C)C)C(O)CC(=O)N[C@@H](C)C(=O)N[C@@H](CC(C)C)C(O)CC(=O)NCc1ccccc1)Cc1ccccc1. The molecule has 0 radical (unpaired) electrons. The van der Waals surface area contributed by atoms with E-state index in [1.54, 1.807) is 0 Å². The molecule has 7 atom stereocenters. The number of nitrogens with one attached hydrogen (secondary N) is 5. The van der Waals surface area contributed by atoms with Gasteiger partial charge < -0.3 is 36.8 Å². The fraction of sp³-hybridized carbons (Fsp3) is 0.531. The van der Waals surface area contributed by atoms with E-state index in [0.717, 1.165) is 16.7 Å². The number of aliphatic hydroxyl groups excluding tert-OH is 2. The average molecular weight is 874 g/mol. The fourth-order valence-corrected chi connectivity index (χ4v) is 8.31. The summed E-state index contributed by atoms with van der Waals surface area (Å²) in [7, 11) is 0. The van der Waals surface area contributed by atoms with Crippen LogP contribution >= 0.6 is 11.8 Å². The maximum atomic E-state index is 14.2. The van der Waals surface area contributed by atoms with Gasteiger partial charge in [-0.3, -0.25) is 24.0 Å². The lowest BCUT2D eigenvalue weighted by molar-refractivity contribution is -0.131. The molecule has 62 heavy (non-hydrogen) atoms. The lowest BCUT2D eigenvalue weighted by Gasteiger charge is -2.29. The van der Waals surface area contributed by atoms with Crippen LogP contribution in [0.4, 0.5) is 0 Å². The molecule has 3 rings (SSSR count). The van der Waals surface area contributed by atoms with E-state index in [-0.39, 0.29) is 54.4 Å². The number of carbonyl (C=O) groups excluding carboxylic acids is 5. The molecule has 0 heterocycles. The normalized spacial score (nSPS) is 14.8. The van der Waals surface area contributed by atoms with Crippen LogP contribution in [0.3, 0.4) is 0 Å². The molecule has 0 saturated carbocycles. The Hall–Kier alpha value is -4.72. The van der Waals surface area contributed by atoms with Gasteiger partial charge in [0.15, 0.2) is 0 Å². The van der Waals surface area contributed by atoms with Crippen molar-refractivity contribution in [3.63, 3.8) is 0 Å². The Labute approximate surface area is 373 Å². The lowest BCUT2D eigenvalue weighted by atomic mass is 9.96. The fourth-order valence-electron chi connectivity index (χ4n) is 7.12. The number of benzene rings is 3. The molecule has 12 nitrogen and oxygen atoms in total. The summed E-state index contributed by atoms with van der Waals surface area (Å²) in [5.41, 5.74) is 2.96. The summed E-state index contributed by atoms with van der Waals surface area (Å²) >= 11 is 1.45. The van der Waals surface area contributed by atoms with Crippen LogP contribution in [0.1, 0.15) is 97.3 Å². The van der Waals surface area contributed by atoms with Crippen LogP contribution in [-0.2, 0) is 43.4 Å². The van der Waals surface area contributed by atoms with E-state index in [1.165, 1.54) is 18.7 Å². The van der Waals surface area contributed by atoms with Crippen LogP contribution in [0.5, 0.6) is 0 Å². The smallest absolute Gasteiger partial charge is 0.242 e. The topological polar surface area (TPSA) is 186 Å². The Morgan fingerprint density at radius 2 is 0.968 bits per heavy atom. The Balaban J connectivity index is 1.66. The summed E-state index contributed by atoms with van der Waals surface area (Å²) in [5.74, 6) is -0.977. The second-order valence-corrected chi connectivity index (χ2v) is 18.9. The van der Waals surface area contributed by atoms with E-state index in [2.05, 4.69) is 26.6 Å². The molecule has 0 saturated heterocycles. The minimum absolute atomic E-state index is 0.0389. The minimum Gasteiger partial charge on any atom is -0.390 e. The summed E-state index contributed by atoms with van der Waals surface area (Å²) in [6.07, 6.45) is -0.794. The van der Waals surface area contributed by atoms with Crippen molar-refractivity contribution in [1.82, 2.24) is 26.6 Å². The first-order chi connectivity index (χ1) is 29.5. The van der Waals surface area contributed by atoms with Crippen molar-refractivity contribution in [3.05, 3.63) is 108 Å². The van der Waals surface area contributed by atoms with E-state index in [0.29, 0.717) is 44.4 Å². The number of hydrogen-bond acceptors (Lipinski definition) is 8. The van der Waals surface area contributed by atoms with Gasteiger partial charge in [-0.25, -0.2) is 0 Å². The second kappa shape index (κ2) is 27.4. The molecule has 0 fully saturated rings. The third kappa shape index (κ3) is 20.4. The zero-order valence-electron chi connectivity index (χ0n) is 37.6. The van der Waals surface area contributed by atoms with Gasteiger partial charge in [0.25, 0.3) is 0 Å². The molecule has 13 heteroatoms. The monoisotopic (exact) mass is 874 g/mol. The van der Waals surface area contributed by atoms with E-state index < -0.39 is 47.4 Å². The van der Waals surface area contributed by atoms with Crippen molar-refractivity contribution in [1.29, 1.82) is 0 Å². The highest BCUT2D eigenvalue weighted by Crippen LogP contribution is 2.22. The molecule has 2 unspecified atom stereocenters. The molecular formula is C49H71N5O7S. The average Bonchev–Trinajstić information content (AvgIpc) is 3.21. The first kappa shape index (κ1) is 51.6. The van der Waals surface area contributed by atoms with E-state index >= 15 is 0 Å². The largest absolute Gasteiger partial charge is 0.390 e. The van der Waals surface area contributed by atoms with Crippen LogP contribution in [0, 0.1) is 17.8 Å². The standard InChI is InChI=1S/C49H71N5O7S/c1-32(2)23-40(42(55)28-45(57)50-30-38-21-15-10-16-22-38)53-48(60)35(7)51-47(59)29-43(56)41(24-33(3)4)54-49(61)44(27-37-19-13-9-14-20-37)62-31-39(52-46(58)25-34(5)6)26-36-17-11-8-12-18-36/h8-22,32-35,39-44,55-56H,23-31H2,1-7H3,(H,50,57)(H,51,59)(H,52,58)(H,53,60)(H,54,61)/t35-,39-,40-,41-,42?,43?,44-/m0/s1. The Kier molecular flexibility index (Phi) is 22.8. The molecule has 0 aliphatic rings. The van der Waals surface area contributed by atoms with Gasteiger partial charge in [0.05, 0.1) is 42.4 Å². The van der Waals surface area contributed by atoms with Crippen LogP contribution in [0.25, 0.3) is 0 Å². The molecule has 0 aromatic heterocycles. The van der Waals surface area contributed by atoms with E-state index in [4.69, 9.17) is 0 Å². The van der Waals surface area contributed by atoms with Gasteiger partial charge >= 0.3 is 0 Å². The van der Waals surface area contributed by atoms with Crippen molar-refractivity contribution in [2.24, 2.45) is 17.8 Å². The highest BCUT2D eigenvalue weighted by molar-refractivity contribution is 8.00. The van der Waals surface area contributed by atoms with Gasteiger partial charge in [-0.2, -0.15) is 0 Å². The molecule has 0 spiro atoms. The van der Waals surface area contributed by atoms with Gasteiger partial charge in [0.2, 0.25) is 29.5 Å². The van der Waals surface area contributed by atoms with Crippen molar-refractivity contribution in [2.75, 3.05) is 5.75 Å². The summed E-state index contributed by atoms with van der Waals surface area (Å²) in [5, 5.41) is 36.5. The van der Waals surface area contributed by atoms with Crippen LogP contribution in [0.2, 0.25) is 0 Å². The minimum atomic E-state index is -1.26. The van der Waals surface area contributed by atoms with Crippen molar-refractivity contribution in [3.8, 4) is 0 Å². The van der Waals surface area contributed by atoms with Crippen molar-refractivity contribution < 1.29 is 34.2 Å².